The Labute approximate surface area is 146 Å². The molecule has 0 atom stereocenters. The van der Waals surface area contributed by atoms with Gasteiger partial charge in [-0.2, -0.15) is 16.9 Å². The number of nitrogens with zero attached hydrogens (tertiary/aromatic N) is 3. The molecule has 0 bridgehead atoms. The van der Waals surface area contributed by atoms with Gasteiger partial charge in [-0.1, -0.05) is 0 Å². The highest BCUT2D eigenvalue weighted by Gasteiger charge is 2.24. The zero-order valence-corrected chi connectivity index (χ0v) is 15.1. The van der Waals surface area contributed by atoms with Gasteiger partial charge in [0.05, 0.1) is 5.69 Å². The van der Waals surface area contributed by atoms with Crippen LogP contribution in [-0.2, 0) is 0 Å². The summed E-state index contributed by atoms with van der Waals surface area (Å²) in [6.07, 6.45) is 4.10. The normalized spacial score (nSPS) is 15.8. The summed E-state index contributed by atoms with van der Waals surface area (Å²) in [6, 6.07) is 6.55. The number of aromatic nitrogens is 2. The van der Waals surface area contributed by atoms with Crippen molar-refractivity contribution in [1.82, 2.24) is 14.7 Å². The molecule has 1 aromatic heterocycles. The van der Waals surface area contributed by atoms with Crippen LogP contribution >= 0.6 is 11.8 Å². The Morgan fingerprint density at radius 2 is 1.96 bits per heavy atom. The Bertz CT molecular complexity index is 751. The summed E-state index contributed by atoms with van der Waals surface area (Å²) >= 11 is 1.85. The number of thioether (sulfide) groups is 1. The molecule has 1 aliphatic heterocycles. The van der Waals surface area contributed by atoms with Gasteiger partial charge in [-0.25, -0.2) is 9.07 Å². The zero-order valence-electron chi connectivity index (χ0n) is 14.3. The van der Waals surface area contributed by atoms with Crippen molar-refractivity contribution in [2.24, 2.45) is 0 Å². The molecule has 0 saturated carbocycles. The Morgan fingerprint density at radius 3 is 2.50 bits per heavy atom. The standard InChI is InChI=1S/C18H22FN3OS/c1-12-10-13(2)22(20-12)17-5-4-14(11-16(17)19)18(23)21-8-6-15(24-3)7-9-21/h4-5,10-11,15H,6-9H2,1-3H3. The molecule has 2 heterocycles. The van der Waals surface area contributed by atoms with Crippen LogP contribution in [0, 0.1) is 19.7 Å². The molecule has 3 rings (SSSR count). The monoisotopic (exact) mass is 347 g/mol. The predicted octanol–water partition coefficient (Wildman–Crippen LogP) is 3.60. The van der Waals surface area contributed by atoms with Gasteiger partial charge in [0.25, 0.3) is 5.91 Å². The van der Waals surface area contributed by atoms with Gasteiger partial charge in [0.15, 0.2) is 0 Å². The van der Waals surface area contributed by atoms with Crippen molar-refractivity contribution in [2.45, 2.75) is 31.9 Å². The minimum absolute atomic E-state index is 0.0895. The number of likely N-dealkylation sites (tertiary alicyclic amines) is 1. The van der Waals surface area contributed by atoms with E-state index in [4.69, 9.17) is 0 Å². The second kappa shape index (κ2) is 6.97. The largest absolute Gasteiger partial charge is 0.339 e. The van der Waals surface area contributed by atoms with E-state index < -0.39 is 5.82 Å². The number of piperidine rings is 1. The Morgan fingerprint density at radius 1 is 1.25 bits per heavy atom. The van der Waals surface area contributed by atoms with Gasteiger partial charge in [0.1, 0.15) is 11.5 Å². The lowest BCUT2D eigenvalue weighted by Gasteiger charge is -2.31. The lowest BCUT2D eigenvalue weighted by atomic mass is 10.1. The predicted molar refractivity (Wildman–Crippen MR) is 95.4 cm³/mol. The highest BCUT2D eigenvalue weighted by Crippen LogP contribution is 2.23. The second-order valence-electron chi connectivity index (χ2n) is 6.23. The average molecular weight is 347 g/mol. The van der Waals surface area contributed by atoms with Crippen LogP contribution in [0.2, 0.25) is 0 Å². The fraction of sp³-hybridized carbons (Fsp3) is 0.444. The zero-order chi connectivity index (χ0) is 17.3. The van der Waals surface area contributed by atoms with E-state index in [1.165, 1.54) is 6.07 Å². The average Bonchev–Trinajstić information content (AvgIpc) is 2.92. The summed E-state index contributed by atoms with van der Waals surface area (Å²) in [5, 5.41) is 4.93. The number of carbonyl (C=O) groups excluding carboxylic acids is 1. The maximum Gasteiger partial charge on any atom is 0.253 e. The second-order valence-corrected chi connectivity index (χ2v) is 7.37. The highest BCUT2D eigenvalue weighted by atomic mass is 32.2. The number of amides is 1. The van der Waals surface area contributed by atoms with E-state index in [9.17, 15) is 9.18 Å². The fourth-order valence-electron chi connectivity index (χ4n) is 3.16. The third kappa shape index (κ3) is 3.34. The Hall–Kier alpha value is -1.82. The summed E-state index contributed by atoms with van der Waals surface area (Å²) in [7, 11) is 0. The quantitative estimate of drug-likeness (QED) is 0.851. The van der Waals surface area contributed by atoms with Gasteiger partial charge in [-0.05, 0) is 57.2 Å². The lowest BCUT2D eigenvalue weighted by molar-refractivity contribution is 0.0727. The summed E-state index contributed by atoms with van der Waals surface area (Å²) in [4.78, 5) is 14.4. The molecule has 0 aliphatic carbocycles. The molecular weight excluding hydrogens is 325 g/mol. The van der Waals surface area contributed by atoms with Gasteiger partial charge in [0.2, 0.25) is 0 Å². The minimum atomic E-state index is -0.425. The fourth-order valence-corrected chi connectivity index (χ4v) is 3.84. The molecule has 2 aromatic rings. The van der Waals surface area contributed by atoms with E-state index >= 15 is 0 Å². The van der Waals surface area contributed by atoms with Gasteiger partial charge in [0, 0.05) is 29.6 Å². The molecule has 6 heteroatoms. The summed E-state index contributed by atoms with van der Waals surface area (Å²) in [6.45, 7) is 5.24. The first-order valence-corrected chi connectivity index (χ1v) is 9.43. The van der Waals surface area contributed by atoms with E-state index in [-0.39, 0.29) is 5.91 Å². The molecular formula is C18H22FN3OS. The first-order valence-electron chi connectivity index (χ1n) is 8.15. The van der Waals surface area contributed by atoms with E-state index in [0.29, 0.717) is 16.5 Å². The minimum Gasteiger partial charge on any atom is -0.339 e. The molecule has 4 nitrogen and oxygen atoms in total. The lowest BCUT2D eigenvalue weighted by Crippen LogP contribution is -2.39. The molecule has 128 valence electrons. The molecule has 24 heavy (non-hydrogen) atoms. The molecule has 1 aliphatic rings. The molecule has 1 saturated heterocycles. The third-order valence-corrected chi connectivity index (χ3v) is 5.63. The summed E-state index contributed by atoms with van der Waals surface area (Å²) in [5.41, 5.74) is 2.48. The number of halogens is 1. The van der Waals surface area contributed by atoms with Crippen molar-refractivity contribution in [3.8, 4) is 5.69 Å². The van der Waals surface area contributed by atoms with Gasteiger partial charge < -0.3 is 4.90 Å². The smallest absolute Gasteiger partial charge is 0.253 e. The van der Waals surface area contributed by atoms with Crippen molar-refractivity contribution >= 4 is 17.7 Å². The molecule has 0 N–H and O–H groups in total. The molecule has 1 amide bonds. The summed E-state index contributed by atoms with van der Waals surface area (Å²) < 4.78 is 16.1. The number of aryl methyl sites for hydroxylation is 2. The Balaban J connectivity index is 1.80. The maximum absolute atomic E-state index is 14.5. The van der Waals surface area contributed by atoms with E-state index in [2.05, 4.69) is 11.4 Å². The van der Waals surface area contributed by atoms with Crippen LogP contribution in [-0.4, -0.2) is 45.2 Å². The molecule has 1 aromatic carbocycles. The highest BCUT2D eigenvalue weighted by molar-refractivity contribution is 7.99. The first kappa shape index (κ1) is 17.0. The van der Waals surface area contributed by atoms with Crippen LogP contribution in [0.3, 0.4) is 0 Å². The van der Waals surface area contributed by atoms with E-state index in [0.717, 1.165) is 37.3 Å². The molecule has 0 unspecified atom stereocenters. The van der Waals surface area contributed by atoms with E-state index in [1.54, 1.807) is 16.8 Å². The molecule has 0 spiro atoms. The first-order chi connectivity index (χ1) is 11.5. The Kier molecular flexibility index (Phi) is 4.94. The molecule has 1 fully saturated rings. The third-order valence-electron chi connectivity index (χ3n) is 4.49. The van der Waals surface area contributed by atoms with Crippen molar-refractivity contribution in [1.29, 1.82) is 0 Å². The SMILES string of the molecule is CSC1CCN(C(=O)c2ccc(-n3nc(C)cc3C)c(F)c2)CC1. The summed E-state index contributed by atoms with van der Waals surface area (Å²) in [5.74, 6) is -0.514. The van der Waals surface area contributed by atoms with Gasteiger partial charge in [-0.3, -0.25) is 4.79 Å². The number of hydrogen-bond acceptors (Lipinski definition) is 3. The van der Waals surface area contributed by atoms with Gasteiger partial charge >= 0.3 is 0 Å². The maximum atomic E-state index is 14.5. The van der Waals surface area contributed by atoms with Crippen molar-refractivity contribution < 1.29 is 9.18 Å². The van der Waals surface area contributed by atoms with Crippen molar-refractivity contribution in [3.63, 3.8) is 0 Å². The van der Waals surface area contributed by atoms with Crippen LogP contribution in [0.25, 0.3) is 5.69 Å². The number of carbonyl (C=O) groups is 1. The van der Waals surface area contributed by atoms with E-state index in [1.807, 2.05) is 36.6 Å². The molecule has 0 radical (unpaired) electrons. The van der Waals surface area contributed by atoms with Crippen LogP contribution in [0.15, 0.2) is 24.3 Å². The van der Waals surface area contributed by atoms with Crippen molar-refractivity contribution in [2.75, 3.05) is 19.3 Å². The number of rotatable bonds is 3. The van der Waals surface area contributed by atoms with Crippen LogP contribution in [0.4, 0.5) is 4.39 Å². The van der Waals surface area contributed by atoms with Crippen LogP contribution in [0.1, 0.15) is 34.6 Å². The topological polar surface area (TPSA) is 38.1 Å². The number of hydrogen-bond donors (Lipinski definition) is 0. The number of benzene rings is 1. The van der Waals surface area contributed by atoms with Gasteiger partial charge in [-0.15, -0.1) is 0 Å². The van der Waals surface area contributed by atoms with Crippen molar-refractivity contribution in [3.05, 3.63) is 47.0 Å². The van der Waals surface area contributed by atoms with Crippen LogP contribution in [0.5, 0.6) is 0 Å². The van der Waals surface area contributed by atoms with Crippen LogP contribution < -0.4 is 0 Å².